The second-order valence-corrected chi connectivity index (χ2v) is 7.88. The Kier molecular flexibility index (Phi) is 5.99. The summed E-state index contributed by atoms with van der Waals surface area (Å²) in [7, 11) is 0. The minimum absolute atomic E-state index is 0.0941. The van der Waals surface area contributed by atoms with Crippen LogP contribution in [0.5, 0.6) is 0 Å². The third-order valence-corrected chi connectivity index (χ3v) is 4.60. The number of allylic oxidation sites excluding steroid dienone is 2. The first-order chi connectivity index (χ1) is 12.0. The van der Waals surface area contributed by atoms with Gasteiger partial charge in [-0.2, -0.15) is 13.2 Å². The Morgan fingerprint density at radius 3 is 2.38 bits per heavy atom. The first-order valence-corrected chi connectivity index (χ1v) is 8.85. The predicted octanol–water partition coefficient (Wildman–Crippen LogP) is 5.56. The van der Waals surface area contributed by atoms with Crippen LogP contribution in [0.1, 0.15) is 45.2 Å². The molecule has 0 aliphatic carbocycles. The number of alkyl halides is 3. The number of carbonyl (C=O) groups excluding carboxylic acids is 1. The predicted molar refractivity (Wildman–Crippen MR) is 98.4 cm³/mol. The summed E-state index contributed by atoms with van der Waals surface area (Å²) >= 11 is 0. The van der Waals surface area contributed by atoms with Gasteiger partial charge >= 0.3 is 6.18 Å². The van der Waals surface area contributed by atoms with Gasteiger partial charge in [0.15, 0.2) is 5.78 Å². The van der Waals surface area contributed by atoms with E-state index in [4.69, 9.17) is 0 Å². The average Bonchev–Trinajstić information content (AvgIpc) is 2.53. The molecule has 1 aliphatic rings. The summed E-state index contributed by atoms with van der Waals surface area (Å²) in [4.78, 5) is 14.9. The molecule has 0 N–H and O–H groups in total. The molecule has 0 fully saturated rings. The first kappa shape index (κ1) is 20.3. The monoisotopic (exact) mass is 365 g/mol. The Bertz CT molecular complexity index is 697. The molecule has 142 valence electrons. The molecule has 0 saturated carbocycles. The number of ketones is 1. The summed E-state index contributed by atoms with van der Waals surface area (Å²) in [5.41, 5.74) is 0.406. The number of carbonyl (C=O) groups is 1. The molecule has 0 bridgehead atoms. The van der Waals surface area contributed by atoms with Crippen molar-refractivity contribution in [2.75, 3.05) is 13.1 Å². The summed E-state index contributed by atoms with van der Waals surface area (Å²) in [6.07, 6.45) is 1.51. The average molecular weight is 365 g/mol. The SMILES string of the molecule is CC(C)CN1C=C(C(=O)/C=C/c2ccc(C(F)(F)F)cc2)C(C)(C)CC1. The standard InChI is InChI=1S/C21H26F3NO/c1-15(2)13-25-12-11-20(3,4)18(14-25)19(26)10-7-16-5-8-17(9-6-16)21(22,23)24/h5-10,14-15H,11-13H2,1-4H3/b10-7+. The van der Waals surface area contributed by atoms with E-state index in [-0.39, 0.29) is 11.2 Å². The van der Waals surface area contributed by atoms with E-state index in [0.717, 1.165) is 37.2 Å². The molecular formula is C21H26F3NO. The molecule has 26 heavy (non-hydrogen) atoms. The minimum Gasteiger partial charge on any atom is -0.377 e. The molecule has 2 rings (SSSR count). The van der Waals surface area contributed by atoms with Crippen molar-refractivity contribution in [2.24, 2.45) is 11.3 Å². The van der Waals surface area contributed by atoms with E-state index in [0.29, 0.717) is 11.5 Å². The molecule has 0 radical (unpaired) electrons. The van der Waals surface area contributed by atoms with Crippen LogP contribution >= 0.6 is 0 Å². The Labute approximate surface area is 153 Å². The molecule has 0 unspecified atom stereocenters. The quantitative estimate of drug-likeness (QED) is 0.637. The Morgan fingerprint density at radius 1 is 1.23 bits per heavy atom. The van der Waals surface area contributed by atoms with Crippen LogP contribution < -0.4 is 0 Å². The molecule has 5 heteroatoms. The van der Waals surface area contributed by atoms with Crippen LogP contribution in [0.2, 0.25) is 0 Å². The highest BCUT2D eigenvalue weighted by molar-refractivity contribution is 6.07. The normalized spacial score (nSPS) is 17.7. The maximum atomic E-state index is 12.7. The Hall–Kier alpha value is -2.04. The molecule has 1 heterocycles. The molecule has 0 spiro atoms. The molecule has 0 amide bonds. The maximum Gasteiger partial charge on any atom is 0.416 e. The lowest BCUT2D eigenvalue weighted by atomic mass is 9.77. The van der Waals surface area contributed by atoms with Gasteiger partial charge in [-0.1, -0.05) is 45.9 Å². The van der Waals surface area contributed by atoms with Gasteiger partial charge in [-0.05, 0) is 41.5 Å². The van der Waals surface area contributed by atoms with Gasteiger partial charge in [0.1, 0.15) is 0 Å². The van der Waals surface area contributed by atoms with Crippen LogP contribution in [0.25, 0.3) is 6.08 Å². The smallest absolute Gasteiger partial charge is 0.377 e. The number of halogens is 3. The summed E-state index contributed by atoms with van der Waals surface area (Å²) in [6.45, 7) is 10.2. The van der Waals surface area contributed by atoms with Crippen LogP contribution in [0.15, 0.2) is 42.1 Å². The summed E-state index contributed by atoms with van der Waals surface area (Å²) in [5.74, 6) is 0.412. The summed E-state index contributed by atoms with van der Waals surface area (Å²) in [6, 6.07) is 4.80. The largest absolute Gasteiger partial charge is 0.416 e. The Morgan fingerprint density at radius 2 is 1.85 bits per heavy atom. The lowest BCUT2D eigenvalue weighted by Crippen LogP contribution is -2.36. The second-order valence-electron chi connectivity index (χ2n) is 7.88. The van der Waals surface area contributed by atoms with Crippen LogP contribution in [0.3, 0.4) is 0 Å². The molecule has 0 saturated heterocycles. The van der Waals surface area contributed by atoms with Gasteiger partial charge in [-0.3, -0.25) is 4.79 Å². The third-order valence-electron chi connectivity index (χ3n) is 4.60. The van der Waals surface area contributed by atoms with E-state index in [1.165, 1.54) is 18.2 Å². The number of hydrogen-bond acceptors (Lipinski definition) is 2. The number of rotatable bonds is 5. The lowest BCUT2D eigenvalue weighted by molar-refractivity contribution is -0.137. The highest BCUT2D eigenvalue weighted by Gasteiger charge is 2.32. The molecule has 1 aromatic carbocycles. The van der Waals surface area contributed by atoms with Gasteiger partial charge in [-0.15, -0.1) is 0 Å². The summed E-state index contributed by atoms with van der Waals surface area (Å²) in [5, 5.41) is 0. The fraction of sp³-hybridized carbons (Fsp3) is 0.476. The molecule has 2 nitrogen and oxygen atoms in total. The third kappa shape index (κ3) is 5.23. The fourth-order valence-corrected chi connectivity index (χ4v) is 3.03. The van der Waals surface area contributed by atoms with Crippen molar-refractivity contribution in [2.45, 2.75) is 40.3 Å². The molecule has 1 aliphatic heterocycles. The van der Waals surface area contributed by atoms with E-state index in [9.17, 15) is 18.0 Å². The first-order valence-electron chi connectivity index (χ1n) is 8.85. The zero-order valence-corrected chi connectivity index (χ0v) is 15.7. The molecule has 1 aromatic rings. The lowest BCUT2D eigenvalue weighted by Gasteiger charge is -2.37. The van der Waals surface area contributed by atoms with Gasteiger partial charge in [0.05, 0.1) is 5.56 Å². The van der Waals surface area contributed by atoms with Crippen LogP contribution in [0, 0.1) is 11.3 Å². The topological polar surface area (TPSA) is 20.3 Å². The molecular weight excluding hydrogens is 339 g/mol. The number of hydrogen-bond donors (Lipinski definition) is 0. The van der Waals surface area contributed by atoms with E-state index in [2.05, 4.69) is 32.6 Å². The van der Waals surface area contributed by atoms with Gasteiger partial charge in [-0.25, -0.2) is 0 Å². The highest BCUT2D eigenvalue weighted by atomic mass is 19.4. The van der Waals surface area contributed by atoms with Crippen LogP contribution in [-0.2, 0) is 11.0 Å². The van der Waals surface area contributed by atoms with E-state index >= 15 is 0 Å². The van der Waals surface area contributed by atoms with Crippen molar-refractivity contribution in [3.63, 3.8) is 0 Å². The van der Waals surface area contributed by atoms with E-state index in [1.807, 2.05) is 6.20 Å². The van der Waals surface area contributed by atoms with Crippen molar-refractivity contribution >= 4 is 11.9 Å². The summed E-state index contributed by atoms with van der Waals surface area (Å²) < 4.78 is 37.8. The zero-order valence-electron chi connectivity index (χ0n) is 15.7. The van der Waals surface area contributed by atoms with Gasteiger partial charge in [0.2, 0.25) is 0 Å². The van der Waals surface area contributed by atoms with Crippen LogP contribution in [0.4, 0.5) is 13.2 Å². The zero-order chi connectivity index (χ0) is 19.5. The van der Waals surface area contributed by atoms with Crippen molar-refractivity contribution in [3.05, 3.63) is 53.2 Å². The van der Waals surface area contributed by atoms with Crippen molar-refractivity contribution < 1.29 is 18.0 Å². The maximum absolute atomic E-state index is 12.7. The van der Waals surface area contributed by atoms with Gasteiger partial charge < -0.3 is 4.90 Å². The molecule has 0 aromatic heterocycles. The molecule has 0 atom stereocenters. The van der Waals surface area contributed by atoms with E-state index < -0.39 is 11.7 Å². The van der Waals surface area contributed by atoms with E-state index in [1.54, 1.807) is 6.08 Å². The Balaban J connectivity index is 2.16. The number of benzene rings is 1. The second kappa shape index (κ2) is 7.68. The van der Waals surface area contributed by atoms with Crippen molar-refractivity contribution in [3.8, 4) is 0 Å². The van der Waals surface area contributed by atoms with Crippen molar-refractivity contribution in [1.82, 2.24) is 4.90 Å². The van der Waals surface area contributed by atoms with Crippen LogP contribution in [-0.4, -0.2) is 23.8 Å². The number of nitrogens with zero attached hydrogens (tertiary/aromatic N) is 1. The van der Waals surface area contributed by atoms with Crippen molar-refractivity contribution in [1.29, 1.82) is 0 Å². The fourth-order valence-electron chi connectivity index (χ4n) is 3.03. The minimum atomic E-state index is -4.35. The van der Waals surface area contributed by atoms with Gasteiger partial charge in [0.25, 0.3) is 0 Å². The van der Waals surface area contributed by atoms with Gasteiger partial charge in [0, 0.05) is 24.9 Å². The highest BCUT2D eigenvalue weighted by Crippen LogP contribution is 2.35.